The molecule has 0 aromatic carbocycles. The number of thiazole rings is 1. The first-order chi connectivity index (χ1) is 6.63. The van der Waals surface area contributed by atoms with Gasteiger partial charge in [0.1, 0.15) is 6.20 Å². The molecule has 0 aliphatic rings. The molecular formula is C6H8N2O4S2. The Kier molecular flexibility index (Phi) is 4.26. The first-order valence-corrected chi connectivity index (χ1v) is 5.45. The zero-order valence-corrected chi connectivity index (χ0v) is 8.62. The average molecular weight is 236 g/mol. The van der Waals surface area contributed by atoms with Crippen LogP contribution in [-0.2, 0) is 0 Å². The summed E-state index contributed by atoms with van der Waals surface area (Å²) in [5, 5.41) is 27.8. The quantitative estimate of drug-likeness (QED) is 0.439. The van der Waals surface area contributed by atoms with Gasteiger partial charge in [0, 0.05) is 5.75 Å². The molecule has 0 amide bonds. The Morgan fingerprint density at radius 2 is 2.50 bits per heavy atom. The number of hydrogen-bond acceptors (Lipinski definition) is 7. The molecule has 1 aromatic heterocycles. The summed E-state index contributed by atoms with van der Waals surface area (Å²) in [6.45, 7) is -0.319. The van der Waals surface area contributed by atoms with E-state index in [4.69, 9.17) is 10.2 Å². The van der Waals surface area contributed by atoms with Crippen LogP contribution in [0.3, 0.4) is 0 Å². The molecule has 78 valence electrons. The van der Waals surface area contributed by atoms with Crippen LogP contribution < -0.4 is 0 Å². The van der Waals surface area contributed by atoms with E-state index in [2.05, 4.69) is 4.98 Å². The molecule has 8 heteroatoms. The minimum Gasteiger partial charge on any atom is -0.394 e. The van der Waals surface area contributed by atoms with Crippen LogP contribution in [0.25, 0.3) is 0 Å². The van der Waals surface area contributed by atoms with Crippen molar-refractivity contribution < 1.29 is 15.1 Å². The zero-order valence-electron chi connectivity index (χ0n) is 6.99. The van der Waals surface area contributed by atoms with Gasteiger partial charge in [0.25, 0.3) is 0 Å². The van der Waals surface area contributed by atoms with Crippen molar-refractivity contribution in [2.75, 3.05) is 12.4 Å². The van der Waals surface area contributed by atoms with Crippen LogP contribution in [0.15, 0.2) is 10.5 Å². The van der Waals surface area contributed by atoms with Crippen molar-refractivity contribution in [3.05, 3.63) is 16.3 Å². The molecule has 1 atom stereocenters. The van der Waals surface area contributed by atoms with Crippen molar-refractivity contribution in [3.63, 3.8) is 0 Å². The van der Waals surface area contributed by atoms with Crippen LogP contribution >= 0.6 is 23.1 Å². The van der Waals surface area contributed by atoms with Gasteiger partial charge in [-0.15, -0.1) is 0 Å². The van der Waals surface area contributed by atoms with Crippen LogP contribution in [0.4, 0.5) is 5.00 Å². The summed E-state index contributed by atoms with van der Waals surface area (Å²) in [4.78, 5) is 13.6. The van der Waals surface area contributed by atoms with Crippen LogP contribution in [-0.4, -0.2) is 38.6 Å². The Bertz CT molecular complexity index is 317. The number of aromatic nitrogens is 1. The third-order valence-electron chi connectivity index (χ3n) is 1.26. The molecule has 6 nitrogen and oxygen atoms in total. The summed E-state index contributed by atoms with van der Waals surface area (Å²) < 4.78 is 0.518. The first kappa shape index (κ1) is 11.4. The summed E-state index contributed by atoms with van der Waals surface area (Å²) in [6, 6.07) is 0. The van der Waals surface area contributed by atoms with E-state index in [0.29, 0.717) is 4.34 Å². The number of aliphatic hydroxyl groups is 2. The van der Waals surface area contributed by atoms with E-state index in [1.165, 1.54) is 18.0 Å². The molecule has 1 heterocycles. The Hall–Kier alpha value is -0.700. The molecule has 2 N–H and O–H groups in total. The second kappa shape index (κ2) is 5.25. The molecule has 0 saturated heterocycles. The van der Waals surface area contributed by atoms with Crippen molar-refractivity contribution in [3.8, 4) is 0 Å². The molecule has 0 bridgehead atoms. The third kappa shape index (κ3) is 3.22. The number of aliphatic hydroxyl groups excluding tert-OH is 2. The van der Waals surface area contributed by atoms with Gasteiger partial charge in [-0.1, -0.05) is 11.8 Å². The van der Waals surface area contributed by atoms with Crippen LogP contribution in [0.5, 0.6) is 0 Å². The summed E-state index contributed by atoms with van der Waals surface area (Å²) in [6.07, 6.45) is 0.362. The second-order valence-electron chi connectivity index (χ2n) is 2.37. The smallest absolute Gasteiger partial charge is 0.344 e. The largest absolute Gasteiger partial charge is 0.394 e. The first-order valence-electron chi connectivity index (χ1n) is 3.65. The SMILES string of the molecule is O=[N+]([O-])c1cnc(SCC(O)CO)s1. The van der Waals surface area contributed by atoms with E-state index in [0.717, 1.165) is 11.3 Å². The fourth-order valence-electron chi connectivity index (χ4n) is 0.621. The van der Waals surface area contributed by atoms with Crippen molar-refractivity contribution in [1.29, 1.82) is 0 Å². The number of rotatable bonds is 5. The van der Waals surface area contributed by atoms with Crippen molar-refractivity contribution in [2.24, 2.45) is 0 Å². The zero-order chi connectivity index (χ0) is 10.6. The van der Waals surface area contributed by atoms with E-state index in [-0.39, 0.29) is 17.4 Å². The highest BCUT2D eigenvalue weighted by atomic mass is 32.2. The minimum absolute atomic E-state index is 0.0222. The van der Waals surface area contributed by atoms with Crippen molar-refractivity contribution in [1.82, 2.24) is 4.98 Å². The van der Waals surface area contributed by atoms with Gasteiger partial charge >= 0.3 is 5.00 Å². The number of nitro groups is 1. The number of thioether (sulfide) groups is 1. The van der Waals surface area contributed by atoms with E-state index < -0.39 is 11.0 Å². The highest BCUT2D eigenvalue weighted by molar-refractivity contribution is 8.01. The summed E-state index contributed by atoms with van der Waals surface area (Å²) >= 11 is 2.14. The van der Waals surface area contributed by atoms with Gasteiger partial charge < -0.3 is 10.2 Å². The van der Waals surface area contributed by atoms with Crippen LogP contribution in [0.1, 0.15) is 0 Å². The van der Waals surface area contributed by atoms with Crippen LogP contribution in [0.2, 0.25) is 0 Å². The van der Waals surface area contributed by atoms with Gasteiger partial charge in [-0.2, -0.15) is 0 Å². The standard InChI is InChI=1S/C6H8N2O4S2/c9-2-4(10)3-13-6-7-1-5(14-6)8(11)12/h1,4,9-10H,2-3H2. The molecule has 1 aromatic rings. The molecular weight excluding hydrogens is 228 g/mol. The monoisotopic (exact) mass is 236 g/mol. The van der Waals surface area contributed by atoms with Gasteiger partial charge in [0.15, 0.2) is 4.34 Å². The molecule has 1 rings (SSSR count). The number of nitrogens with zero attached hydrogens (tertiary/aromatic N) is 2. The topological polar surface area (TPSA) is 96.5 Å². The molecule has 0 aliphatic heterocycles. The molecule has 0 aliphatic carbocycles. The van der Waals surface area contributed by atoms with Gasteiger partial charge in [-0.05, 0) is 11.3 Å². The Labute approximate surface area is 87.8 Å². The van der Waals surface area contributed by atoms with Gasteiger partial charge in [0.05, 0.1) is 17.6 Å². The van der Waals surface area contributed by atoms with E-state index in [1.54, 1.807) is 0 Å². The highest BCUT2D eigenvalue weighted by Gasteiger charge is 2.12. The van der Waals surface area contributed by atoms with Gasteiger partial charge in [0.2, 0.25) is 0 Å². The molecule has 14 heavy (non-hydrogen) atoms. The van der Waals surface area contributed by atoms with Crippen molar-refractivity contribution in [2.45, 2.75) is 10.4 Å². The maximum absolute atomic E-state index is 10.3. The lowest BCUT2D eigenvalue weighted by atomic mass is 10.4. The Morgan fingerprint density at radius 3 is 3.00 bits per heavy atom. The normalized spacial score (nSPS) is 12.7. The van der Waals surface area contributed by atoms with E-state index in [9.17, 15) is 10.1 Å². The Morgan fingerprint density at radius 1 is 1.79 bits per heavy atom. The fraction of sp³-hybridized carbons (Fsp3) is 0.500. The predicted molar refractivity (Wildman–Crippen MR) is 52.6 cm³/mol. The maximum Gasteiger partial charge on any atom is 0.344 e. The lowest BCUT2D eigenvalue weighted by molar-refractivity contribution is -0.380. The summed E-state index contributed by atoms with van der Waals surface area (Å²) in [5.41, 5.74) is 0. The minimum atomic E-state index is -0.817. The molecule has 1 unspecified atom stereocenters. The van der Waals surface area contributed by atoms with Crippen LogP contribution in [0, 0.1) is 10.1 Å². The van der Waals surface area contributed by atoms with E-state index >= 15 is 0 Å². The maximum atomic E-state index is 10.3. The lowest BCUT2D eigenvalue weighted by Crippen LogP contribution is -2.14. The Balaban J connectivity index is 2.48. The fourth-order valence-corrected chi connectivity index (χ4v) is 2.35. The lowest BCUT2D eigenvalue weighted by Gasteiger charge is -2.02. The van der Waals surface area contributed by atoms with Crippen molar-refractivity contribution >= 4 is 28.1 Å². The summed E-state index contributed by atoms with van der Waals surface area (Å²) in [7, 11) is 0. The van der Waals surface area contributed by atoms with Gasteiger partial charge in [-0.25, -0.2) is 4.98 Å². The highest BCUT2D eigenvalue weighted by Crippen LogP contribution is 2.29. The summed E-state index contributed by atoms with van der Waals surface area (Å²) in [5.74, 6) is 0.279. The van der Waals surface area contributed by atoms with Gasteiger partial charge in [-0.3, -0.25) is 10.1 Å². The molecule has 0 radical (unpaired) electrons. The van der Waals surface area contributed by atoms with E-state index in [1.807, 2.05) is 0 Å². The molecule has 0 saturated carbocycles. The average Bonchev–Trinajstić information content (AvgIpc) is 2.62. The predicted octanol–water partition coefficient (Wildman–Crippen LogP) is 0.497. The second-order valence-corrected chi connectivity index (χ2v) is 4.65. The molecule has 0 fully saturated rings. The third-order valence-corrected chi connectivity index (χ3v) is 3.51. The molecule has 0 spiro atoms. The number of hydrogen-bond donors (Lipinski definition) is 2.